The molecule has 1 aliphatic heterocycles. The molecular weight excluding hydrogens is 306 g/mol. The first-order valence-corrected chi connectivity index (χ1v) is 7.82. The monoisotopic (exact) mass is 323 g/mol. The molecule has 1 heterocycles. The first-order valence-electron chi connectivity index (χ1n) is 6.94. The third-order valence-electron chi connectivity index (χ3n) is 3.34. The summed E-state index contributed by atoms with van der Waals surface area (Å²) < 4.78 is 0. The van der Waals surface area contributed by atoms with Gasteiger partial charge < -0.3 is 10.6 Å². The minimum Gasteiger partial charge on any atom is -0.353 e. The lowest BCUT2D eigenvalue weighted by Crippen LogP contribution is -2.41. The largest absolute Gasteiger partial charge is 0.353 e. The molecule has 0 unspecified atom stereocenters. The van der Waals surface area contributed by atoms with Crippen molar-refractivity contribution in [2.75, 3.05) is 6.54 Å². The van der Waals surface area contributed by atoms with Crippen molar-refractivity contribution in [3.63, 3.8) is 0 Å². The van der Waals surface area contributed by atoms with Crippen LogP contribution in [0.25, 0.3) is 0 Å². The number of rotatable bonds is 6. The molecule has 2 N–H and O–H groups in total. The quantitative estimate of drug-likeness (QED) is 0.469. The van der Waals surface area contributed by atoms with Crippen molar-refractivity contribution in [3.8, 4) is 0 Å². The van der Waals surface area contributed by atoms with E-state index in [0.717, 1.165) is 11.3 Å². The number of amides is 2. The Morgan fingerprint density at radius 1 is 1.50 bits per heavy atom. The standard InChI is InChI=1S/C14H17N3O4S/c1-9(14(19)15-8-10-2-7-13(18)16-10)22-12-5-3-11(4-6-12)17(20)21/h3-6,9-10H,2,7-8H2,1H3,(H,15,19)(H,16,18)/t9-,10+/m1/s1. The van der Waals surface area contributed by atoms with Gasteiger partial charge in [0.1, 0.15) is 0 Å². The van der Waals surface area contributed by atoms with Gasteiger partial charge in [-0.1, -0.05) is 0 Å². The van der Waals surface area contributed by atoms with E-state index >= 15 is 0 Å². The molecule has 0 saturated carbocycles. The highest BCUT2D eigenvalue weighted by Gasteiger charge is 2.22. The third kappa shape index (κ3) is 4.45. The Hall–Kier alpha value is -2.09. The van der Waals surface area contributed by atoms with Crippen LogP contribution < -0.4 is 10.6 Å². The second kappa shape index (κ2) is 7.26. The number of nitrogens with zero attached hydrogens (tertiary/aromatic N) is 1. The summed E-state index contributed by atoms with van der Waals surface area (Å²) in [6.07, 6.45) is 1.25. The molecule has 1 fully saturated rings. The number of hydrogen-bond acceptors (Lipinski definition) is 5. The number of benzene rings is 1. The van der Waals surface area contributed by atoms with Crippen LogP contribution in [0.4, 0.5) is 5.69 Å². The molecule has 1 aliphatic rings. The van der Waals surface area contributed by atoms with E-state index < -0.39 is 4.92 Å². The number of thioether (sulfide) groups is 1. The van der Waals surface area contributed by atoms with E-state index in [2.05, 4.69) is 10.6 Å². The van der Waals surface area contributed by atoms with Gasteiger partial charge in [-0.25, -0.2) is 0 Å². The third-order valence-corrected chi connectivity index (χ3v) is 4.45. The smallest absolute Gasteiger partial charge is 0.269 e. The second-order valence-corrected chi connectivity index (χ2v) is 6.47. The normalized spacial score (nSPS) is 18.6. The van der Waals surface area contributed by atoms with Crippen molar-refractivity contribution >= 4 is 29.3 Å². The van der Waals surface area contributed by atoms with Gasteiger partial charge in [0.15, 0.2) is 0 Å². The number of nitro benzene ring substituents is 1. The lowest BCUT2D eigenvalue weighted by Gasteiger charge is -2.15. The van der Waals surface area contributed by atoms with Crippen LogP contribution in [0, 0.1) is 10.1 Å². The Morgan fingerprint density at radius 2 is 2.18 bits per heavy atom. The molecule has 1 aromatic rings. The maximum absolute atomic E-state index is 12.0. The molecule has 22 heavy (non-hydrogen) atoms. The molecule has 7 nitrogen and oxygen atoms in total. The van der Waals surface area contributed by atoms with Crippen molar-refractivity contribution < 1.29 is 14.5 Å². The van der Waals surface area contributed by atoms with Crippen LogP contribution in [0.15, 0.2) is 29.2 Å². The predicted octanol–water partition coefficient (Wildman–Crippen LogP) is 1.47. The maximum Gasteiger partial charge on any atom is 0.269 e. The number of non-ortho nitro benzene ring substituents is 1. The Morgan fingerprint density at radius 3 is 2.73 bits per heavy atom. The van der Waals surface area contributed by atoms with Gasteiger partial charge >= 0.3 is 0 Å². The van der Waals surface area contributed by atoms with Crippen molar-refractivity contribution in [2.45, 2.75) is 36.0 Å². The summed E-state index contributed by atoms with van der Waals surface area (Å²) in [6.45, 7) is 2.20. The molecule has 0 spiro atoms. The summed E-state index contributed by atoms with van der Waals surface area (Å²) in [7, 11) is 0. The van der Waals surface area contributed by atoms with E-state index in [1.165, 1.54) is 23.9 Å². The van der Waals surface area contributed by atoms with E-state index in [9.17, 15) is 19.7 Å². The van der Waals surface area contributed by atoms with E-state index in [1.807, 2.05) is 0 Å². The zero-order chi connectivity index (χ0) is 16.1. The van der Waals surface area contributed by atoms with Crippen LogP contribution in [0.5, 0.6) is 0 Å². The maximum atomic E-state index is 12.0. The molecule has 0 aliphatic carbocycles. The number of hydrogen-bond donors (Lipinski definition) is 2. The zero-order valence-corrected chi connectivity index (χ0v) is 12.9. The van der Waals surface area contributed by atoms with E-state index in [-0.39, 0.29) is 28.8 Å². The fourth-order valence-corrected chi connectivity index (χ4v) is 2.99. The molecule has 0 radical (unpaired) electrons. The number of carbonyl (C=O) groups excluding carboxylic acids is 2. The molecular formula is C14H17N3O4S. The van der Waals surface area contributed by atoms with Crippen LogP contribution in [-0.2, 0) is 9.59 Å². The molecule has 1 saturated heterocycles. The van der Waals surface area contributed by atoms with Gasteiger partial charge in [-0.2, -0.15) is 0 Å². The minimum atomic E-state index is -0.458. The fourth-order valence-electron chi connectivity index (χ4n) is 2.10. The van der Waals surface area contributed by atoms with Crippen LogP contribution in [0.2, 0.25) is 0 Å². The van der Waals surface area contributed by atoms with Gasteiger partial charge in [-0.05, 0) is 25.5 Å². The summed E-state index contributed by atoms with van der Waals surface area (Å²) in [5, 5.41) is 15.9. The molecule has 0 aromatic heterocycles. The molecule has 8 heteroatoms. The number of carbonyl (C=O) groups is 2. The summed E-state index contributed by atoms with van der Waals surface area (Å²) in [6, 6.07) is 6.10. The lowest BCUT2D eigenvalue weighted by molar-refractivity contribution is -0.384. The highest BCUT2D eigenvalue weighted by atomic mass is 32.2. The fraction of sp³-hybridized carbons (Fsp3) is 0.429. The van der Waals surface area contributed by atoms with Crippen molar-refractivity contribution in [1.82, 2.24) is 10.6 Å². The Labute approximate surface area is 132 Å². The van der Waals surface area contributed by atoms with Gasteiger partial charge in [-0.3, -0.25) is 19.7 Å². The number of nitro groups is 1. The van der Waals surface area contributed by atoms with Crippen LogP contribution in [-0.4, -0.2) is 34.6 Å². The zero-order valence-electron chi connectivity index (χ0n) is 12.1. The molecule has 2 amide bonds. The van der Waals surface area contributed by atoms with Gasteiger partial charge in [-0.15, -0.1) is 11.8 Å². The van der Waals surface area contributed by atoms with Crippen molar-refractivity contribution in [2.24, 2.45) is 0 Å². The first-order chi connectivity index (χ1) is 10.5. The average Bonchev–Trinajstić information content (AvgIpc) is 2.91. The molecule has 2 atom stereocenters. The average molecular weight is 323 g/mol. The Bertz CT molecular complexity index is 576. The summed E-state index contributed by atoms with van der Waals surface area (Å²) in [5.41, 5.74) is 0.0263. The minimum absolute atomic E-state index is 0.00743. The highest BCUT2D eigenvalue weighted by molar-refractivity contribution is 8.00. The van der Waals surface area contributed by atoms with E-state index in [1.54, 1.807) is 19.1 Å². The Kier molecular flexibility index (Phi) is 5.37. The van der Waals surface area contributed by atoms with Crippen LogP contribution in [0.3, 0.4) is 0 Å². The van der Waals surface area contributed by atoms with Gasteiger partial charge in [0.2, 0.25) is 11.8 Å². The van der Waals surface area contributed by atoms with Crippen molar-refractivity contribution in [3.05, 3.63) is 34.4 Å². The van der Waals surface area contributed by atoms with Crippen LogP contribution >= 0.6 is 11.8 Å². The first kappa shape index (κ1) is 16.3. The van der Waals surface area contributed by atoms with E-state index in [4.69, 9.17) is 0 Å². The van der Waals surface area contributed by atoms with Crippen LogP contribution in [0.1, 0.15) is 19.8 Å². The number of nitrogens with one attached hydrogen (secondary N) is 2. The van der Waals surface area contributed by atoms with E-state index in [0.29, 0.717) is 13.0 Å². The summed E-state index contributed by atoms with van der Waals surface area (Å²) >= 11 is 1.33. The Balaban J connectivity index is 1.80. The topological polar surface area (TPSA) is 101 Å². The van der Waals surface area contributed by atoms with Gasteiger partial charge in [0.25, 0.3) is 5.69 Å². The molecule has 118 valence electrons. The van der Waals surface area contributed by atoms with Crippen molar-refractivity contribution in [1.29, 1.82) is 0 Å². The highest BCUT2D eigenvalue weighted by Crippen LogP contribution is 2.25. The SMILES string of the molecule is C[C@@H](Sc1ccc([N+](=O)[O-])cc1)C(=O)NC[C@@H]1CCC(=O)N1. The lowest BCUT2D eigenvalue weighted by atomic mass is 10.2. The summed E-state index contributed by atoms with van der Waals surface area (Å²) in [4.78, 5) is 34.0. The second-order valence-electron chi connectivity index (χ2n) is 5.06. The van der Waals surface area contributed by atoms with Gasteiger partial charge in [0.05, 0.1) is 10.2 Å². The molecule has 2 rings (SSSR count). The molecule has 1 aromatic carbocycles. The summed E-state index contributed by atoms with van der Waals surface area (Å²) in [5.74, 6) is -0.0999. The van der Waals surface area contributed by atoms with Gasteiger partial charge in [0, 0.05) is 36.0 Å². The predicted molar refractivity (Wildman–Crippen MR) is 82.6 cm³/mol. The molecule has 0 bridgehead atoms.